The van der Waals surface area contributed by atoms with Gasteiger partial charge in [-0.15, -0.1) is 0 Å². The molecule has 0 saturated carbocycles. The smallest absolute Gasteiger partial charge is 0.310 e. The number of hydrogen-bond acceptors (Lipinski definition) is 7. The molecule has 178 valence electrons. The molecule has 2 heterocycles. The summed E-state index contributed by atoms with van der Waals surface area (Å²) in [6.07, 6.45) is 3.01. The number of halogens is 1. The summed E-state index contributed by atoms with van der Waals surface area (Å²) in [5.41, 5.74) is 1.17. The number of carbonyl (C=O) groups excluding carboxylic acids is 2. The Kier molecular flexibility index (Phi) is 9.93. The van der Waals surface area contributed by atoms with Crippen LogP contribution in [0.1, 0.15) is 59.3 Å². The van der Waals surface area contributed by atoms with E-state index in [-0.39, 0.29) is 18.9 Å². The summed E-state index contributed by atoms with van der Waals surface area (Å²) in [7, 11) is 0. The largest absolute Gasteiger partial charge is 0.481 e. The van der Waals surface area contributed by atoms with E-state index in [1.807, 2.05) is 12.2 Å². The first-order valence-electron chi connectivity index (χ1n) is 10.7. The van der Waals surface area contributed by atoms with Crippen LogP contribution in [0.3, 0.4) is 0 Å². The fourth-order valence-corrected chi connectivity index (χ4v) is 4.01. The van der Waals surface area contributed by atoms with Crippen molar-refractivity contribution in [1.82, 2.24) is 0 Å². The van der Waals surface area contributed by atoms with Gasteiger partial charge in [0.2, 0.25) is 0 Å². The van der Waals surface area contributed by atoms with Gasteiger partial charge in [0.15, 0.2) is 0 Å². The van der Waals surface area contributed by atoms with E-state index in [1.165, 1.54) is 13.0 Å². The highest BCUT2D eigenvalue weighted by Crippen LogP contribution is 2.31. The van der Waals surface area contributed by atoms with Gasteiger partial charge in [0.25, 0.3) is 0 Å². The maximum absolute atomic E-state index is 12.7. The van der Waals surface area contributed by atoms with Crippen LogP contribution in [0.4, 0.5) is 0 Å². The molecular weight excluding hydrogens is 440 g/mol. The second kappa shape index (κ2) is 12.2. The molecule has 5 atom stereocenters. The number of carboxylic acid groups (broad SMARTS) is 1. The molecule has 0 aliphatic carbocycles. The van der Waals surface area contributed by atoms with Crippen molar-refractivity contribution in [2.45, 2.75) is 89.8 Å². The quantitative estimate of drug-likeness (QED) is 0.463. The van der Waals surface area contributed by atoms with Crippen LogP contribution in [0.2, 0.25) is 0 Å². The molecule has 9 heteroatoms. The molecule has 32 heavy (non-hydrogen) atoms. The zero-order valence-corrected chi connectivity index (χ0v) is 19.3. The summed E-state index contributed by atoms with van der Waals surface area (Å²) in [4.78, 5) is 35.1. The van der Waals surface area contributed by atoms with Crippen LogP contribution in [0.5, 0.6) is 0 Å². The van der Waals surface area contributed by atoms with Crippen LogP contribution >= 0.6 is 11.6 Å². The number of allylic oxidation sites excluding steroid dienone is 3. The van der Waals surface area contributed by atoms with E-state index < -0.39 is 42.3 Å². The minimum Gasteiger partial charge on any atom is -0.481 e. The van der Waals surface area contributed by atoms with E-state index in [2.05, 4.69) is 0 Å². The first-order chi connectivity index (χ1) is 15.0. The van der Waals surface area contributed by atoms with Crippen molar-refractivity contribution in [1.29, 1.82) is 0 Å². The van der Waals surface area contributed by atoms with Crippen molar-refractivity contribution in [2.75, 3.05) is 0 Å². The highest BCUT2D eigenvalue weighted by atomic mass is 35.5. The summed E-state index contributed by atoms with van der Waals surface area (Å²) in [5, 5.41) is 20.3. The van der Waals surface area contributed by atoms with Crippen molar-refractivity contribution in [3.05, 3.63) is 34.4 Å². The van der Waals surface area contributed by atoms with Crippen LogP contribution in [0, 0.1) is 0 Å². The molecule has 2 N–H and O–H groups in total. The average Bonchev–Trinajstić information content (AvgIpc) is 3.06. The van der Waals surface area contributed by atoms with Crippen LogP contribution in [0.25, 0.3) is 0 Å². The highest BCUT2D eigenvalue weighted by Gasteiger charge is 2.41. The van der Waals surface area contributed by atoms with E-state index >= 15 is 0 Å². The zero-order chi connectivity index (χ0) is 23.8. The topological polar surface area (TPSA) is 119 Å². The number of fused-ring (bicyclic) bond motifs is 2. The van der Waals surface area contributed by atoms with E-state index in [0.29, 0.717) is 41.9 Å². The van der Waals surface area contributed by atoms with Crippen molar-refractivity contribution >= 4 is 29.5 Å². The van der Waals surface area contributed by atoms with Gasteiger partial charge in [0, 0.05) is 18.4 Å². The van der Waals surface area contributed by atoms with Crippen LogP contribution < -0.4 is 0 Å². The predicted molar refractivity (Wildman–Crippen MR) is 117 cm³/mol. The van der Waals surface area contributed by atoms with Crippen LogP contribution in [0.15, 0.2) is 34.4 Å². The number of aliphatic carboxylic acids is 1. The Labute approximate surface area is 192 Å². The minimum absolute atomic E-state index is 0.169. The Bertz CT molecular complexity index is 800. The lowest BCUT2D eigenvalue weighted by Crippen LogP contribution is -2.37. The van der Waals surface area contributed by atoms with E-state index in [0.717, 1.165) is 0 Å². The Morgan fingerprint density at radius 3 is 2.72 bits per heavy atom. The number of rotatable bonds is 5. The summed E-state index contributed by atoms with van der Waals surface area (Å²) >= 11 is 6.32. The third-order valence-corrected chi connectivity index (χ3v) is 5.71. The molecule has 1 saturated heterocycles. The molecule has 5 unspecified atom stereocenters. The Hall–Kier alpha value is -2.16. The number of ether oxygens (including phenoxy) is 3. The Morgan fingerprint density at radius 1 is 1.34 bits per heavy atom. The molecule has 0 aromatic carbocycles. The summed E-state index contributed by atoms with van der Waals surface area (Å²) in [6.45, 7) is 4.64. The average molecular weight is 471 g/mol. The molecule has 1 fully saturated rings. The molecule has 0 aromatic rings. The predicted octanol–water partition coefficient (Wildman–Crippen LogP) is 3.41. The number of carboxylic acids is 1. The number of carbonyl (C=O) groups is 3. The van der Waals surface area contributed by atoms with E-state index in [1.54, 1.807) is 13.8 Å². The molecule has 2 aliphatic heterocycles. The maximum Gasteiger partial charge on any atom is 0.310 e. The molecule has 8 nitrogen and oxygen atoms in total. The fraction of sp³-hybridized carbons (Fsp3) is 0.609. The van der Waals surface area contributed by atoms with Gasteiger partial charge in [-0.25, -0.2) is 0 Å². The highest BCUT2D eigenvalue weighted by molar-refractivity contribution is 6.29. The Morgan fingerprint density at radius 2 is 2.06 bits per heavy atom. The van der Waals surface area contributed by atoms with Gasteiger partial charge < -0.3 is 24.4 Å². The van der Waals surface area contributed by atoms with Gasteiger partial charge in [-0.2, -0.15) is 0 Å². The van der Waals surface area contributed by atoms with E-state index in [4.69, 9.17) is 30.9 Å². The standard InChI is InChI=1S/C23H31ClO8/c1-13(10-21(27)28)9-18(26)23-20-11-17(31-23)8-7-16(24)6-4-5-14(2)19(30-15(3)25)12-22(29)32-20/h5-6,9,17-20,23,26H,4,7-8,10-12H2,1-3H3,(H,27,28)/b13-9+,14-5+,16-6+. The van der Waals surface area contributed by atoms with Crippen molar-refractivity contribution in [3.63, 3.8) is 0 Å². The second-order valence-corrected chi connectivity index (χ2v) is 8.72. The lowest BCUT2D eigenvalue weighted by atomic mass is 10.0. The summed E-state index contributed by atoms with van der Waals surface area (Å²) in [6, 6.07) is 0. The minimum atomic E-state index is -1.15. The molecule has 2 aliphatic rings. The fourth-order valence-electron chi connectivity index (χ4n) is 3.81. The third-order valence-electron chi connectivity index (χ3n) is 5.37. The summed E-state index contributed by atoms with van der Waals surface area (Å²) in [5.74, 6) is -2.10. The first kappa shape index (κ1) is 26.1. The van der Waals surface area contributed by atoms with Crippen LogP contribution in [-0.4, -0.2) is 58.6 Å². The molecular formula is C23H31ClO8. The molecule has 0 amide bonds. The first-order valence-corrected chi connectivity index (χ1v) is 11.0. The van der Waals surface area contributed by atoms with Crippen molar-refractivity contribution in [2.24, 2.45) is 0 Å². The number of esters is 2. The second-order valence-electron chi connectivity index (χ2n) is 8.24. The van der Waals surface area contributed by atoms with Gasteiger partial charge in [-0.1, -0.05) is 35.4 Å². The lowest BCUT2D eigenvalue weighted by Gasteiger charge is -2.24. The molecule has 0 radical (unpaired) electrons. The monoisotopic (exact) mass is 470 g/mol. The lowest BCUT2D eigenvalue weighted by molar-refractivity contribution is -0.159. The zero-order valence-electron chi connectivity index (χ0n) is 18.6. The maximum atomic E-state index is 12.7. The number of aliphatic hydroxyl groups is 1. The molecule has 2 bridgehead atoms. The summed E-state index contributed by atoms with van der Waals surface area (Å²) < 4.78 is 16.9. The van der Waals surface area contributed by atoms with Gasteiger partial charge in [0.05, 0.1) is 18.9 Å². The number of aliphatic hydroxyl groups excluding tert-OH is 1. The van der Waals surface area contributed by atoms with Gasteiger partial charge in [0.1, 0.15) is 24.4 Å². The van der Waals surface area contributed by atoms with Gasteiger partial charge >= 0.3 is 17.9 Å². The van der Waals surface area contributed by atoms with Crippen molar-refractivity contribution in [3.8, 4) is 0 Å². The van der Waals surface area contributed by atoms with E-state index in [9.17, 15) is 19.5 Å². The van der Waals surface area contributed by atoms with Gasteiger partial charge in [-0.3, -0.25) is 14.4 Å². The Balaban J connectivity index is 2.25. The molecule has 2 rings (SSSR count). The number of hydrogen-bond donors (Lipinski definition) is 2. The molecule has 0 spiro atoms. The third kappa shape index (κ3) is 8.41. The van der Waals surface area contributed by atoms with Crippen LogP contribution in [-0.2, 0) is 28.6 Å². The van der Waals surface area contributed by atoms with Gasteiger partial charge in [-0.05, 0) is 38.7 Å². The normalized spacial score (nSPS) is 31.9. The van der Waals surface area contributed by atoms with Crippen molar-refractivity contribution < 1.29 is 38.8 Å². The SMILES string of the molecule is CC(=O)OC1CC(=O)OC2CC(CC/C(Cl)=C\C/C=C/1C)OC2C(O)/C=C(\C)CC(=O)O. The molecule has 0 aromatic heterocycles.